The van der Waals surface area contributed by atoms with Crippen LogP contribution in [0.3, 0.4) is 0 Å². The Hall–Kier alpha value is -2.01. The van der Waals surface area contributed by atoms with Gasteiger partial charge >= 0.3 is 6.03 Å². The molecule has 2 N–H and O–H groups in total. The molecule has 0 aromatic heterocycles. The molecule has 4 rings (SSSR count). The van der Waals surface area contributed by atoms with Gasteiger partial charge < -0.3 is 5.32 Å². The highest BCUT2D eigenvalue weighted by Gasteiger charge is 2.24. The summed E-state index contributed by atoms with van der Waals surface area (Å²) in [6.45, 7) is 0. The fourth-order valence-electron chi connectivity index (χ4n) is 3.74. The molecular formula is C19H19FN2OS. The lowest BCUT2D eigenvalue weighted by molar-refractivity contribution is 0.257. The van der Waals surface area contributed by atoms with Gasteiger partial charge in [0.2, 0.25) is 0 Å². The third kappa shape index (κ3) is 3.00. The molecule has 0 fully saturated rings. The molecule has 0 radical (unpaired) electrons. The number of fused-ring (bicyclic) bond motifs is 2. The van der Waals surface area contributed by atoms with Crippen LogP contribution in [0.5, 0.6) is 0 Å². The van der Waals surface area contributed by atoms with Crippen molar-refractivity contribution in [2.75, 3.05) is 5.32 Å². The van der Waals surface area contributed by atoms with Crippen molar-refractivity contribution in [3.8, 4) is 0 Å². The molecule has 0 bridgehead atoms. The van der Waals surface area contributed by atoms with Crippen molar-refractivity contribution < 1.29 is 9.18 Å². The molecule has 2 aliphatic carbocycles. The number of nitrogens with one attached hydrogen (secondary N) is 2. The number of anilines is 1. The second kappa shape index (κ2) is 6.48. The third-order valence-electron chi connectivity index (χ3n) is 4.77. The van der Waals surface area contributed by atoms with Crippen LogP contribution in [0.1, 0.15) is 35.1 Å². The van der Waals surface area contributed by atoms with Crippen molar-refractivity contribution in [3.63, 3.8) is 0 Å². The highest BCUT2D eigenvalue weighted by atomic mass is 32.2. The topological polar surface area (TPSA) is 41.1 Å². The van der Waals surface area contributed by atoms with Crippen LogP contribution in [0.4, 0.5) is 14.9 Å². The van der Waals surface area contributed by atoms with Crippen molar-refractivity contribution in [3.05, 3.63) is 58.4 Å². The molecule has 2 aromatic rings. The van der Waals surface area contributed by atoms with Gasteiger partial charge in [0, 0.05) is 10.6 Å². The summed E-state index contributed by atoms with van der Waals surface area (Å²) in [5, 5.41) is 3.06. The zero-order valence-corrected chi connectivity index (χ0v) is 14.1. The molecule has 2 aromatic carbocycles. The molecule has 0 heterocycles. The third-order valence-corrected chi connectivity index (χ3v) is 5.55. The maximum absolute atomic E-state index is 13.2. The van der Waals surface area contributed by atoms with E-state index in [9.17, 15) is 9.18 Å². The number of halogens is 1. The van der Waals surface area contributed by atoms with Gasteiger partial charge in [-0.2, -0.15) is 0 Å². The first kappa shape index (κ1) is 15.5. The second-order valence-corrected chi connectivity index (χ2v) is 7.23. The molecule has 3 nitrogen and oxygen atoms in total. The molecule has 0 atom stereocenters. The fourth-order valence-corrected chi connectivity index (χ4v) is 4.32. The van der Waals surface area contributed by atoms with Crippen molar-refractivity contribution in [2.45, 2.75) is 43.4 Å². The predicted octanol–water partition coefficient (Wildman–Crippen LogP) is 4.63. The van der Waals surface area contributed by atoms with Crippen LogP contribution in [-0.2, 0) is 25.7 Å². The first-order valence-electron chi connectivity index (χ1n) is 8.36. The van der Waals surface area contributed by atoms with Gasteiger partial charge in [-0.3, -0.25) is 4.72 Å². The Bertz CT molecular complexity index is 774. The Kier molecular flexibility index (Phi) is 4.19. The average molecular weight is 342 g/mol. The first-order chi connectivity index (χ1) is 11.7. The number of carbonyl (C=O) groups is 1. The summed E-state index contributed by atoms with van der Waals surface area (Å²) in [7, 11) is 0. The molecule has 0 unspecified atom stereocenters. The van der Waals surface area contributed by atoms with Gasteiger partial charge in [-0.1, -0.05) is 12.1 Å². The molecular weight excluding hydrogens is 323 g/mol. The minimum atomic E-state index is -0.305. The van der Waals surface area contributed by atoms with Crippen molar-refractivity contribution in [2.24, 2.45) is 0 Å². The Morgan fingerprint density at radius 1 is 1.00 bits per heavy atom. The smallest absolute Gasteiger partial charge is 0.307 e. The zero-order chi connectivity index (χ0) is 16.5. The molecule has 24 heavy (non-hydrogen) atoms. The average Bonchev–Trinajstić information content (AvgIpc) is 3.21. The van der Waals surface area contributed by atoms with Gasteiger partial charge in [-0.15, -0.1) is 0 Å². The number of rotatable bonds is 3. The van der Waals surface area contributed by atoms with E-state index in [-0.39, 0.29) is 11.8 Å². The summed E-state index contributed by atoms with van der Waals surface area (Å²) in [5.41, 5.74) is 6.42. The van der Waals surface area contributed by atoms with Crippen LogP contribution >= 0.6 is 11.9 Å². The van der Waals surface area contributed by atoms with E-state index in [2.05, 4.69) is 16.1 Å². The monoisotopic (exact) mass is 342 g/mol. The molecule has 2 amide bonds. The first-order valence-corrected chi connectivity index (χ1v) is 9.18. The van der Waals surface area contributed by atoms with Crippen LogP contribution in [0, 0.1) is 5.82 Å². The molecule has 5 heteroatoms. The molecule has 0 spiro atoms. The van der Waals surface area contributed by atoms with Gasteiger partial charge in [-0.25, -0.2) is 9.18 Å². The number of benzene rings is 2. The van der Waals surface area contributed by atoms with Crippen molar-refractivity contribution in [1.29, 1.82) is 0 Å². The summed E-state index contributed by atoms with van der Waals surface area (Å²) >= 11 is 1.13. The highest BCUT2D eigenvalue weighted by molar-refractivity contribution is 7.98. The lowest BCUT2D eigenvalue weighted by Gasteiger charge is -2.16. The van der Waals surface area contributed by atoms with Crippen LogP contribution in [0.2, 0.25) is 0 Å². The highest BCUT2D eigenvalue weighted by Crippen LogP contribution is 2.38. The lowest BCUT2D eigenvalue weighted by atomic mass is 9.99. The van der Waals surface area contributed by atoms with Gasteiger partial charge in [0.05, 0.1) is 0 Å². The number of hydrogen-bond donors (Lipinski definition) is 2. The minimum absolute atomic E-state index is 0.251. The van der Waals surface area contributed by atoms with Crippen LogP contribution in [0.25, 0.3) is 0 Å². The molecule has 0 saturated carbocycles. The number of carbonyl (C=O) groups excluding carboxylic acids is 1. The van der Waals surface area contributed by atoms with Crippen LogP contribution in [0.15, 0.2) is 35.2 Å². The minimum Gasteiger partial charge on any atom is -0.307 e. The fraction of sp³-hybridized carbons (Fsp3) is 0.316. The lowest BCUT2D eigenvalue weighted by Crippen LogP contribution is -2.24. The van der Waals surface area contributed by atoms with Crippen LogP contribution < -0.4 is 10.0 Å². The Morgan fingerprint density at radius 3 is 2.38 bits per heavy atom. The van der Waals surface area contributed by atoms with E-state index < -0.39 is 0 Å². The maximum atomic E-state index is 13.2. The summed E-state index contributed by atoms with van der Waals surface area (Å²) < 4.78 is 16.0. The van der Waals surface area contributed by atoms with Crippen LogP contribution in [-0.4, -0.2) is 6.03 Å². The standard InChI is InChI=1S/C19H19FN2OS/c20-14-6-3-7-15(11-14)24-22-19(23)21-18-16-8-1-4-12(16)10-13-5-2-9-17(13)18/h3,6-7,10-11H,1-2,4-5,8-9H2,(H2,21,22,23). The molecule has 0 aliphatic heterocycles. The van der Waals surface area contributed by atoms with Crippen molar-refractivity contribution in [1.82, 2.24) is 4.72 Å². The van der Waals surface area contributed by atoms with Gasteiger partial charge in [-0.05, 0) is 90.9 Å². The molecule has 124 valence electrons. The Balaban J connectivity index is 1.50. The van der Waals surface area contributed by atoms with E-state index in [0.717, 1.165) is 56.2 Å². The van der Waals surface area contributed by atoms with E-state index in [1.54, 1.807) is 12.1 Å². The SMILES string of the molecule is O=C(NSc1cccc(F)c1)Nc1c2c(cc3c1CCC3)CCC2. The quantitative estimate of drug-likeness (QED) is 0.798. The normalized spacial score (nSPS) is 15.0. The summed E-state index contributed by atoms with van der Waals surface area (Å²) in [4.78, 5) is 13.0. The number of hydrogen-bond acceptors (Lipinski definition) is 2. The summed E-state index contributed by atoms with van der Waals surface area (Å²) in [5.74, 6) is -0.305. The van der Waals surface area contributed by atoms with E-state index in [4.69, 9.17) is 0 Å². The molecule has 0 saturated heterocycles. The number of amides is 2. The van der Waals surface area contributed by atoms with E-state index in [0.29, 0.717) is 4.90 Å². The largest absolute Gasteiger partial charge is 0.329 e. The predicted molar refractivity (Wildman–Crippen MR) is 94.9 cm³/mol. The van der Waals surface area contributed by atoms with Gasteiger partial charge in [0.1, 0.15) is 5.82 Å². The summed E-state index contributed by atoms with van der Waals surface area (Å²) in [6.07, 6.45) is 6.61. The van der Waals surface area contributed by atoms with E-state index >= 15 is 0 Å². The van der Waals surface area contributed by atoms with Gasteiger partial charge in [0.15, 0.2) is 0 Å². The Labute approximate surface area is 145 Å². The second-order valence-electron chi connectivity index (χ2n) is 6.35. The Morgan fingerprint density at radius 2 is 1.71 bits per heavy atom. The number of urea groups is 1. The number of aryl methyl sites for hydroxylation is 2. The summed E-state index contributed by atoms with van der Waals surface area (Å²) in [6, 6.07) is 8.29. The van der Waals surface area contributed by atoms with E-state index in [1.165, 1.54) is 34.4 Å². The molecule has 2 aliphatic rings. The van der Waals surface area contributed by atoms with E-state index in [1.807, 2.05) is 0 Å². The van der Waals surface area contributed by atoms with Crippen molar-refractivity contribution >= 4 is 23.7 Å². The van der Waals surface area contributed by atoms with Gasteiger partial charge in [0.25, 0.3) is 0 Å². The zero-order valence-electron chi connectivity index (χ0n) is 13.3. The maximum Gasteiger partial charge on any atom is 0.329 e.